The van der Waals surface area contributed by atoms with Crippen molar-refractivity contribution in [2.45, 2.75) is 50.3 Å². The Morgan fingerprint density at radius 1 is 1.19 bits per heavy atom. The van der Waals surface area contributed by atoms with Crippen molar-refractivity contribution in [3.8, 4) is 0 Å². The minimum atomic E-state index is -3.36. The van der Waals surface area contributed by atoms with Crippen LogP contribution in [0.15, 0.2) is 36.5 Å². The van der Waals surface area contributed by atoms with Crippen molar-refractivity contribution >= 4 is 28.9 Å². The van der Waals surface area contributed by atoms with Gasteiger partial charge in [-0.25, -0.2) is 13.2 Å². The highest BCUT2D eigenvalue weighted by molar-refractivity contribution is 7.90. The van der Waals surface area contributed by atoms with Gasteiger partial charge in [0.2, 0.25) is 0 Å². The molecular weight excluding hydrogens is 453 g/mol. The van der Waals surface area contributed by atoms with E-state index in [-0.39, 0.29) is 16.3 Å². The van der Waals surface area contributed by atoms with Gasteiger partial charge in [0.25, 0.3) is 5.92 Å². The normalized spacial score (nSPS) is 15.3. The van der Waals surface area contributed by atoms with Gasteiger partial charge >= 0.3 is 5.97 Å². The second-order valence-corrected chi connectivity index (χ2v) is 10.5. The average Bonchev–Trinajstić information content (AvgIpc) is 2.65. The van der Waals surface area contributed by atoms with E-state index in [1.807, 2.05) is 0 Å². The van der Waals surface area contributed by atoms with E-state index in [2.05, 4.69) is 9.71 Å². The predicted octanol–water partition coefficient (Wildman–Crippen LogP) is 4.84. The van der Waals surface area contributed by atoms with E-state index in [1.165, 1.54) is 18.3 Å². The van der Waals surface area contributed by atoms with Crippen LogP contribution in [0.25, 0.3) is 0 Å². The molecule has 1 unspecified atom stereocenters. The number of carbonyl (C=O) groups is 1. The Morgan fingerprint density at radius 3 is 2.29 bits per heavy atom. The van der Waals surface area contributed by atoms with E-state index in [4.69, 9.17) is 16.3 Å². The predicted molar refractivity (Wildman–Crippen MR) is 114 cm³/mol. The summed E-state index contributed by atoms with van der Waals surface area (Å²) in [6.45, 7) is 5.69. The number of carbonyl (C=O) groups excluding carboxylic acids is 1. The number of hydrogen-bond donors (Lipinski definition) is 1. The molecule has 0 saturated heterocycles. The summed E-state index contributed by atoms with van der Waals surface area (Å²) in [6.07, 6.45) is 0.803. The molecule has 31 heavy (non-hydrogen) atoms. The number of ether oxygens (including phenoxy) is 1. The minimum absolute atomic E-state index is 0.0538. The van der Waals surface area contributed by atoms with Crippen LogP contribution < -0.4 is 4.72 Å². The first kappa shape index (κ1) is 25.5. The van der Waals surface area contributed by atoms with Crippen LogP contribution in [0.4, 0.5) is 13.2 Å². The molecule has 0 fully saturated rings. The van der Waals surface area contributed by atoms with Crippen molar-refractivity contribution in [2.75, 3.05) is 7.11 Å². The van der Waals surface area contributed by atoms with Gasteiger partial charge in [0.05, 0.1) is 24.2 Å². The number of nitrogens with one attached hydrogen (secondary N) is 1. The maximum absolute atomic E-state index is 14.5. The largest absolute Gasteiger partial charge is 0.598 e. The lowest BCUT2D eigenvalue weighted by Gasteiger charge is -2.37. The highest BCUT2D eigenvalue weighted by atomic mass is 35.5. The highest BCUT2D eigenvalue weighted by Crippen LogP contribution is 2.38. The van der Waals surface area contributed by atoms with E-state index in [1.54, 1.807) is 20.8 Å². The summed E-state index contributed by atoms with van der Waals surface area (Å²) in [5, 5.41) is 0.285. The summed E-state index contributed by atoms with van der Waals surface area (Å²) in [7, 11) is 1.15. The summed E-state index contributed by atoms with van der Waals surface area (Å²) in [5.41, 5.74) is -2.26. The number of methoxy groups -OCH3 is 1. The number of aromatic nitrogens is 1. The van der Waals surface area contributed by atoms with Gasteiger partial charge in [-0.3, -0.25) is 9.78 Å². The summed E-state index contributed by atoms with van der Waals surface area (Å²) in [6, 6.07) is 5.71. The minimum Gasteiger partial charge on any atom is -0.598 e. The topological polar surface area (TPSA) is 74.3 Å². The van der Waals surface area contributed by atoms with Crippen molar-refractivity contribution in [1.29, 1.82) is 0 Å². The SMILES string of the molecule is COC(=O)C[C@](N[S+]([O-])C(C)(C)C)(c1cc(F)cc(C(C)(F)F)c1)c1ccc(Cl)cn1. The molecule has 5 nitrogen and oxygen atoms in total. The van der Waals surface area contributed by atoms with Crippen LogP contribution in [0.2, 0.25) is 5.02 Å². The van der Waals surface area contributed by atoms with Crippen LogP contribution in [0.3, 0.4) is 0 Å². The lowest BCUT2D eigenvalue weighted by atomic mass is 9.82. The zero-order valence-electron chi connectivity index (χ0n) is 17.8. The van der Waals surface area contributed by atoms with E-state index in [0.717, 1.165) is 19.2 Å². The van der Waals surface area contributed by atoms with Crippen molar-refractivity contribution in [3.63, 3.8) is 0 Å². The smallest absolute Gasteiger partial charge is 0.308 e. The lowest BCUT2D eigenvalue weighted by molar-refractivity contribution is -0.141. The molecule has 1 aromatic carbocycles. The van der Waals surface area contributed by atoms with Crippen LogP contribution in [-0.4, -0.2) is 27.4 Å². The van der Waals surface area contributed by atoms with Crippen LogP contribution in [-0.2, 0) is 32.4 Å². The molecule has 0 radical (unpaired) electrons. The van der Waals surface area contributed by atoms with Gasteiger partial charge in [-0.15, -0.1) is 4.72 Å². The monoisotopic (exact) mass is 476 g/mol. The Balaban J connectivity index is 2.85. The molecule has 170 valence electrons. The molecule has 1 N–H and O–H groups in total. The first-order chi connectivity index (χ1) is 14.2. The lowest BCUT2D eigenvalue weighted by Crippen LogP contribution is -2.53. The van der Waals surface area contributed by atoms with Gasteiger partial charge in [0.15, 0.2) is 0 Å². The van der Waals surface area contributed by atoms with Crippen molar-refractivity contribution in [2.24, 2.45) is 0 Å². The summed E-state index contributed by atoms with van der Waals surface area (Å²) in [5.74, 6) is -5.05. The van der Waals surface area contributed by atoms with Crippen LogP contribution >= 0.6 is 11.6 Å². The van der Waals surface area contributed by atoms with Gasteiger partial charge in [-0.2, -0.15) is 0 Å². The number of benzene rings is 1. The Morgan fingerprint density at radius 2 is 1.81 bits per heavy atom. The number of alkyl halides is 2. The third-order valence-corrected chi connectivity index (χ3v) is 6.39. The molecule has 1 aromatic heterocycles. The maximum Gasteiger partial charge on any atom is 0.308 e. The van der Waals surface area contributed by atoms with Crippen LogP contribution in [0, 0.1) is 5.82 Å². The van der Waals surface area contributed by atoms with Crippen molar-refractivity contribution in [3.05, 3.63) is 64.2 Å². The van der Waals surface area contributed by atoms with Crippen LogP contribution in [0.5, 0.6) is 0 Å². The standard InChI is InChI=1S/C21H24ClF3N2O3S/c1-19(2,3)31(29)27-21(11-18(28)30-5,17-7-6-15(22)12-26-17)14-8-13(20(4,24)25)9-16(23)10-14/h6-10,12,27H,11H2,1-5H3/t21-,31?/m0/s1. The van der Waals surface area contributed by atoms with E-state index < -0.39 is 51.3 Å². The molecule has 0 aliphatic rings. The Bertz CT molecular complexity index is 933. The first-order valence-electron chi connectivity index (χ1n) is 9.27. The number of halogens is 4. The second-order valence-electron chi connectivity index (χ2n) is 8.12. The van der Waals surface area contributed by atoms with Gasteiger partial charge in [0, 0.05) is 30.0 Å². The third kappa shape index (κ3) is 6.12. The fourth-order valence-corrected chi connectivity index (χ4v) is 3.83. The Kier molecular flexibility index (Phi) is 7.68. The van der Waals surface area contributed by atoms with Crippen molar-refractivity contribution in [1.82, 2.24) is 9.71 Å². The fourth-order valence-electron chi connectivity index (χ4n) is 2.81. The quantitative estimate of drug-likeness (QED) is 0.457. The first-order valence-corrected chi connectivity index (χ1v) is 10.8. The Hall–Kier alpha value is -1.81. The third-order valence-electron chi connectivity index (χ3n) is 4.52. The van der Waals surface area contributed by atoms with Gasteiger partial charge in [0.1, 0.15) is 16.1 Å². The van der Waals surface area contributed by atoms with Gasteiger partial charge < -0.3 is 9.29 Å². The average molecular weight is 477 g/mol. The van der Waals surface area contributed by atoms with Crippen molar-refractivity contribution < 1.29 is 27.3 Å². The molecule has 0 aliphatic heterocycles. The number of hydrogen-bond acceptors (Lipinski definition) is 5. The van der Waals surface area contributed by atoms with E-state index in [9.17, 15) is 22.5 Å². The highest BCUT2D eigenvalue weighted by Gasteiger charge is 2.46. The molecule has 2 rings (SSSR count). The zero-order chi connectivity index (χ0) is 23.6. The molecule has 10 heteroatoms. The van der Waals surface area contributed by atoms with Gasteiger partial charge in [-0.05, 0) is 56.7 Å². The number of nitrogens with zero attached hydrogens (tertiary/aromatic N) is 1. The maximum atomic E-state index is 14.5. The molecular formula is C21H24ClF3N2O3S. The number of rotatable bonds is 7. The molecule has 0 aliphatic carbocycles. The molecule has 0 amide bonds. The molecule has 0 spiro atoms. The van der Waals surface area contributed by atoms with Gasteiger partial charge in [-0.1, -0.05) is 11.6 Å². The van der Waals surface area contributed by atoms with E-state index in [0.29, 0.717) is 13.0 Å². The summed E-state index contributed by atoms with van der Waals surface area (Å²) >= 11 is 4.13. The molecule has 0 bridgehead atoms. The fraction of sp³-hybridized carbons (Fsp3) is 0.429. The number of pyridine rings is 1. The number of esters is 1. The summed E-state index contributed by atoms with van der Waals surface area (Å²) in [4.78, 5) is 16.6. The molecule has 0 saturated carbocycles. The zero-order valence-corrected chi connectivity index (χ0v) is 19.3. The molecule has 2 atom stereocenters. The van der Waals surface area contributed by atoms with E-state index >= 15 is 0 Å². The molecule has 1 heterocycles. The Labute approximate surface area is 187 Å². The summed E-state index contributed by atoms with van der Waals surface area (Å²) < 4.78 is 62.5. The second kappa shape index (κ2) is 9.36. The van der Waals surface area contributed by atoms with Crippen LogP contribution in [0.1, 0.15) is 50.9 Å². The molecule has 2 aromatic rings.